The van der Waals surface area contributed by atoms with E-state index < -0.39 is 0 Å². The lowest BCUT2D eigenvalue weighted by Gasteiger charge is -2.16. The highest BCUT2D eigenvalue weighted by atomic mass is 35.5. The molecule has 2 nitrogen and oxygen atoms in total. The van der Waals surface area contributed by atoms with Crippen molar-refractivity contribution in [2.45, 2.75) is 12.3 Å². The molecule has 2 aromatic rings. The van der Waals surface area contributed by atoms with Crippen LogP contribution >= 0.6 is 23.2 Å². The maximum absolute atomic E-state index is 9.48. The van der Waals surface area contributed by atoms with Crippen LogP contribution in [-0.2, 0) is 6.42 Å². The van der Waals surface area contributed by atoms with Gasteiger partial charge in [-0.05, 0) is 41.8 Å². The number of nitriles is 1. The number of hydrogen-bond donors (Lipinski definition) is 0. The van der Waals surface area contributed by atoms with E-state index in [1.807, 2.05) is 49.3 Å². The van der Waals surface area contributed by atoms with E-state index in [-0.39, 0.29) is 5.92 Å². The molecule has 0 bridgehead atoms. The van der Waals surface area contributed by atoms with E-state index in [0.29, 0.717) is 16.5 Å². The van der Waals surface area contributed by atoms with Gasteiger partial charge in [-0.1, -0.05) is 41.4 Å². The van der Waals surface area contributed by atoms with Crippen molar-refractivity contribution in [1.82, 2.24) is 0 Å². The highest BCUT2D eigenvalue weighted by Gasteiger charge is 2.14. The topological polar surface area (TPSA) is 27.0 Å². The van der Waals surface area contributed by atoms with Crippen molar-refractivity contribution in [2.24, 2.45) is 0 Å². The van der Waals surface area contributed by atoms with Crippen molar-refractivity contribution < 1.29 is 0 Å². The maximum atomic E-state index is 9.48. The normalized spacial score (nSPS) is 11.8. The van der Waals surface area contributed by atoms with E-state index >= 15 is 0 Å². The van der Waals surface area contributed by atoms with Gasteiger partial charge in [0.1, 0.15) is 0 Å². The van der Waals surface area contributed by atoms with E-state index in [4.69, 9.17) is 23.2 Å². The first-order valence-electron chi connectivity index (χ1n) is 6.62. The first kappa shape index (κ1) is 15.7. The molecule has 2 rings (SSSR count). The zero-order valence-corrected chi connectivity index (χ0v) is 13.5. The van der Waals surface area contributed by atoms with Crippen LogP contribution in [0.3, 0.4) is 0 Å². The zero-order chi connectivity index (χ0) is 15.4. The number of benzene rings is 2. The number of nitrogens with zero attached hydrogens (tertiary/aromatic N) is 2. The minimum Gasteiger partial charge on any atom is -0.378 e. The van der Waals surface area contributed by atoms with Crippen molar-refractivity contribution in [2.75, 3.05) is 19.0 Å². The summed E-state index contributed by atoms with van der Waals surface area (Å²) < 4.78 is 0. The first-order chi connectivity index (χ1) is 10.0. The molecule has 1 atom stereocenters. The Morgan fingerprint density at radius 1 is 1.14 bits per heavy atom. The van der Waals surface area contributed by atoms with Gasteiger partial charge in [0.2, 0.25) is 0 Å². The largest absolute Gasteiger partial charge is 0.378 e. The third-order valence-electron chi connectivity index (χ3n) is 3.38. The summed E-state index contributed by atoms with van der Waals surface area (Å²) >= 11 is 12.1. The highest BCUT2D eigenvalue weighted by molar-refractivity contribution is 6.35. The second-order valence-electron chi connectivity index (χ2n) is 5.11. The molecule has 4 heteroatoms. The Morgan fingerprint density at radius 2 is 1.90 bits per heavy atom. The van der Waals surface area contributed by atoms with Gasteiger partial charge in [0.15, 0.2) is 0 Å². The monoisotopic (exact) mass is 318 g/mol. The van der Waals surface area contributed by atoms with Gasteiger partial charge in [-0.2, -0.15) is 5.26 Å². The zero-order valence-electron chi connectivity index (χ0n) is 12.0. The lowest BCUT2D eigenvalue weighted by molar-refractivity contribution is 0.848. The van der Waals surface area contributed by atoms with Gasteiger partial charge in [-0.3, -0.25) is 0 Å². The van der Waals surface area contributed by atoms with Gasteiger partial charge in [-0.15, -0.1) is 0 Å². The van der Waals surface area contributed by atoms with Crippen LogP contribution in [-0.4, -0.2) is 14.1 Å². The van der Waals surface area contributed by atoms with Crippen LogP contribution in [0.5, 0.6) is 0 Å². The molecule has 0 radical (unpaired) electrons. The van der Waals surface area contributed by atoms with Gasteiger partial charge in [0.25, 0.3) is 0 Å². The summed E-state index contributed by atoms with van der Waals surface area (Å²) in [4.78, 5) is 2.02. The molecule has 0 aliphatic heterocycles. The average molecular weight is 319 g/mol. The van der Waals surface area contributed by atoms with Crippen molar-refractivity contribution >= 4 is 28.9 Å². The van der Waals surface area contributed by atoms with Gasteiger partial charge >= 0.3 is 0 Å². The van der Waals surface area contributed by atoms with E-state index in [1.54, 1.807) is 12.1 Å². The standard InChI is InChI=1S/C17H16Cl2N2/c1-21(2)16-5-3-4-12(9-16)14(11-20)8-13-6-7-15(18)10-17(13)19/h3-7,9-10,14H,8H2,1-2H3. The van der Waals surface area contributed by atoms with Crippen LogP contribution in [0.25, 0.3) is 0 Å². The van der Waals surface area contributed by atoms with E-state index in [9.17, 15) is 5.26 Å². The Bertz CT molecular complexity index is 675. The second kappa shape index (κ2) is 6.85. The van der Waals surface area contributed by atoms with Gasteiger partial charge in [0.05, 0.1) is 12.0 Å². The molecule has 0 aliphatic carbocycles. The second-order valence-corrected chi connectivity index (χ2v) is 5.95. The molecule has 0 N–H and O–H groups in total. The SMILES string of the molecule is CN(C)c1cccc(C(C#N)Cc2ccc(Cl)cc2Cl)c1. The summed E-state index contributed by atoms with van der Waals surface area (Å²) in [5.41, 5.74) is 3.01. The Hall–Kier alpha value is -1.69. The Labute approximate surface area is 135 Å². The van der Waals surface area contributed by atoms with Gasteiger partial charge in [-0.25, -0.2) is 0 Å². The summed E-state index contributed by atoms with van der Waals surface area (Å²) in [5, 5.41) is 10.7. The van der Waals surface area contributed by atoms with Crippen molar-refractivity contribution in [1.29, 1.82) is 5.26 Å². The van der Waals surface area contributed by atoms with Gasteiger partial charge < -0.3 is 4.90 Å². The molecule has 0 fully saturated rings. The third kappa shape index (κ3) is 3.91. The molecular formula is C17H16Cl2N2. The fourth-order valence-corrected chi connectivity index (χ4v) is 2.65. The molecule has 0 aliphatic rings. The molecule has 0 amide bonds. The Kier molecular flexibility index (Phi) is 5.12. The molecule has 2 aromatic carbocycles. The molecule has 0 saturated heterocycles. The fraction of sp³-hybridized carbons (Fsp3) is 0.235. The summed E-state index contributed by atoms with van der Waals surface area (Å²) in [5.74, 6) is -0.233. The van der Waals surface area contributed by atoms with Crippen LogP contribution in [0.4, 0.5) is 5.69 Å². The van der Waals surface area contributed by atoms with Crippen molar-refractivity contribution in [3.05, 3.63) is 63.6 Å². The number of halogens is 2. The van der Waals surface area contributed by atoms with Crippen molar-refractivity contribution in [3.63, 3.8) is 0 Å². The van der Waals surface area contributed by atoms with Gasteiger partial charge in [0, 0.05) is 29.8 Å². The minimum atomic E-state index is -0.233. The predicted molar refractivity (Wildman–Crippen MR) is 89.3 cm³/mol. The quantitative estimate of drug-likeness (QED) is 0.800. The van der Waals surface area contributed by atoms with Crippen LogP contribution in [0.2, 0.25) is 10.0 Å². The molecule has 0 heterocycles. The first-order valence-corrected chi connectivity index (χ1v) is 7.37. The van der Waals surface area contributed by atoms with Crippen LogP contribution in [0.15, 0.2) is 42.5 Å². The number of hydrogen-bond acceptors (Lipinski definition) is 2. The number of anilines is 1. The summed E-state index contributed by atoms with van der Waals surface area (Å²) in [6, 6.07) is 15.8. The predicted octanol–water partition coefficient (Wildman–Crippen LogP) is 4.91. The Balaban J connectivity index is 2.28. The fourth-order valence-electron chi connectivity index (χ4n) is 2.16. The van der Waals surface area contributed by atoms with E-state index in [0.717, 1.165) is 16.8 Å². The molecule has 1 unspecified atom stereocenters. The van der Waals surface area contributed by atoms with E-state index in [2.05, 4.69) is 6.07 Å². The van der Waals surface area contributed by atoms with Crippen molar-refractivity contribution in [3.8, 4) is 6.07 Å². The maximum Gasteiger partial charge on any atom is 0.0754 e. The molecule has 108 valence electrons. The van der Waals surface area contributed by atoms with E-state index in [1.165, 1.54) is 0 Å². The van der Waals surface area contributed by atoms with Crippen LogP contribution < -0.4 is 4.90 Å². The lowest BCUT2D eigenvalue weighted by atomic mass is 9.93. The molecule has 21 heavy (non-hydrogen) atoms. The van der Waals surface area contributed by atoms with Crippen LogP contribution in [0, 0.1) is 11.3 Å². The Morgan fingerprint density at radius 3 is 2.52 bits per heavy atom. The summed E-state index contributed by atoms with van der Waals surface area (Å²) in [6.07, 6.45) is 0.573. The third-order valence-corrected chi connectivity index (χ3v) is 3.97. The molecule has 0 spiro atoms. The smallest absolute Gasteiger partial charge is 0.0754 e. The highest BCUT2D eigenvalue weighted by Crippen LogP contribution is 2.28. The average Bonchev–Trinajstić information content (AvgIpc) is 2.46. The minimum absolute atomic E-state index is 0.233. The molecule has 0 saturated carbocycles. The summed E-state index contributed by atoms with van der Waals surface area (Å²) in [6.45, 7) is 0. The summed E-state index contributed by atoms with van der Waals surface area (Å²) in [7, 11) is 3.97. The molecular weight excluding hydrogens is 303 g/mol. The lowest BCUT2D eigenvalue weighted by Crippen LogP contribution is -2.09. The van der Waals surface area contributed by atoms with Crippen LogP contribution in [0.1, 0.15) is 17.0 Å². The number of rotatable bonds is 4. The molecule has 0 aromatic heterocycles.